The normalized spacial score (nSPS) is 11.4. The number of nitrogens with zero attached hydrogens (tertiary/aromatic N) is 4. The minimum atomic E-state index is -0.469. The molecule has 1 heterocycles. The SMILES string of the molecule is COc1cc(C)c(-c2nc3ccccc3c(=O)n2N=Cc2cc(OC)c(OCc3cccc([N+](=O)[O-])c3)c(Cl)c2Br)cc1C(C)C. The molecule has 0 aliphatic rings. The van der Waals surface area contributed by atoms with Gasteiger partial charge in [-0.05, 0) is 75.8 Å². The van der Waals surface area contributed by atoms with Crippen LogP contribution in [-0.2, 0) is 6.61 Å². The van der Waals surface area contributed by atoms with Crippen LogP contribution in [-0.4, -0.2) is 35.0 Å². The highest BCUT2D eigenvalue weighted by molar-refractivity contribution is 9.10. The molecule has 0 spiro atoms. The van der Waals surface area contributed by atoms with Gasteiger partial charge >= 0.3 is 0 Å². The highest BCUT2D eigenvalue weighted by Crippen LogP contribution is 2.42. The number of halogens is 2. The van der Waals surface area contributed by atoms with Crippen LogP contribution in [0, 0.1) is 17.0 Å². The first-order valence-corrected chi connectivity index (χ1v) is 15.4. The molecule has 1 aromatic heterocycles. The van der Waals surface area contributed by atoms with Crippen LogP contribution in [0.4, 0.5) is 5.69 Å². The zero-order valence-corrected chi connectivity index (χ0v) is 28.0. The quantitative estimate of drug-likeness (QED) is 0.0815. The first-order chi connectivity index (χ1) is 22.0. The van der Waals surface area contributed by atoms with E-state index in [1.165, 1.54) is 30.1 Å². The monoisotopic (exact) mass is 704 g/mol. The van der Waals surface area contributed by atoms with E-state index in [9.17, 15) is 14.9 Å². The molecule has 0 atom stereocenters. The molecular weight excluding hydrogens is 676 g/mol. The summed E-state index contributed by atoms with van der Waals surface area (Å²) in [4.78, 5) is 29.5. The third-order valence-electron chi connectivity index (χ3n) is 7.39. The predicted molar refractivity (Wildman–Crippen MR) is 183 cm³/mol. The van der Waals surface area contributed by atoms with Crippen molar-refractivity contribution >= 4 is 50.3 Å². The third kappa shape index (κ3) is 6.47. The van der Waals surface area contributed by atoms with E-state index < -0.39 is 4.92 Å². The number of ether oxygens (including phenoxy) is 3. The Hall–Kier alpha value is -4.74. The first-order valence-electron chi connectivity index (χ1n) is 14.2. The highest BCUT2D eigenvalue weighted by Gasteiger charge is 2.20. The lowest BCUT2D eigenvalue weighted by Gasteiger charge is -2.17. The second-order valence-corrected chi connectivity index (χ2v) is 11.9. The van der Waals surface area contributed by atoms with Gasteiger partial charge in [0.1, 0.15) is 17.4 Å². The van der Waals surface area contributed by atoms with E-state index in [0.29, 0.717) is 38.1 Å². The first kappa shape index (κ1) is 32.6. The molecule has 10 nitrogen and oxygen atoms in total. The van der Waals surface area contributed by atoms with Crippen molar-refractivity contribution in [1.82, 2.24) is 9.66 Å². The lowest BCUT2D eigenvalue weighted by molar-refractivity contribution is -0.384. The number of hydrogen-bond donors (Lipinski definition) is 0. The largest absolute Gasteiger partial charge is 0.496 e. The molecule has 0 unspecified atom stereocenters. The van der Waals surface area contributed by atoms with Crippen molar-refractivity contribution in [3.05, 3.63) is 119 Å². The number of benzene rings is 4. The molecule has 46 heavy (non-hydrogen) atoms. The summed E-state index contributed by atoms with van der Waals surface area (Å²) in [6, 6.07) is 18.8. The van der Waals surface area contributed by atoms with Gasteiger partial charge in [-0.25, -0.2) is 4.98 Å². The van der Waals surface area contributed by atoms with Crippen LogP contribution in [0.2, 0.25) is 5.02 Å². The Balaban J connectivity index is 1.60. The highest BCUT2D eigenvalue weighted by atomic mass is 79.9. The van der Waals surface area contributed by atoms with E-state index in [4.69, 9.17) is 30.8 Å². The maximum absolute atomic E-state index is 13.9. The second kappa shape index (κ2) is 13.7. The predicted octanol–water partition coefficient (Wildman–Crippen LogP) is 8.30. The molecule has 5 rings (SSSR count). The van der Waals surface area contributed by atoms with Crippen LogP contribution in [0.3, 0.4) is 0 Å². The Morgan fingerprint density at radius 2 is 1.80 bits per heavy atom. The summed E-state index contributed by atoms with van der Waals surface area (Å²) in [7, 11) is 3.10. The van der Waals surface area contributed by atoms with E-state index in [-0.39, 0.29) is 34.5 Å². The Morgan fingerprint density at radius 3 is 2.50 bits per heavy atom. The van der Waals surface area contributed by atoms with Crippen molar-refractivity contribution in [2.24, 2.45) is 5.10 Å². The fourth-order valence-corrected chi connectivity index (χ4v) is 5.65. The number of nitro groups is 1. The molecule has 0 saturated carbocycles. The Bertz CT molecular complexity index is 2060. The maximum atomic E-state index is 13.9. The van der Waals surface area contributed by atoms with Crippen molar-refractivity contribution in [3.8, 4) is 28.6 Å². The van der Waals surface area contributed by atoms with Gasteiger partial charge in [-0.1, -0.05) is 49.7 Å². The molecule has 0 bridgehead atoms. The number of nitro benzene ring substituents is 1. The minimum Gasteiger partial charge on any atom is -0.496 e. The zero-order valence-electron chi connectivity index (χ0n) is 25.7. The molecule has 12 heteroatoms. The molecule has 236 valence electrons. The van der Waals surface area contributed by atoms with Crippen LogP contribution in [0.25, 0.3) is 22.3 Å². The number of non-ortho nitro benzene ring substituents is 1. The van der Waals surface area contributed by atoms with Crippen LogP contribution in [0.5, 0.6) is 17.2 Å². The molecule has 5 aromatic rings. The Morgan fingerprint density at radius 1 is 1.07 bits per heavy atom. The van der Waals surface area contributed by atoms with E-state index in [2.05, 4.69) is 34.9 Å². The minimum absolute atomic E-state index is 0.0126. The number of fused-ring (bicyclic) bond motifs is 1. The van der Waals surface area contributed by atoms with Gasteiger partial charge in [0.05, 0.1) is 36.3 Å². The maximum Gasteiger partial charge on any atom is 0.282 e. The van der Waals surface area contributed by atoms with Gasteiger partial charge in [0.25, 0.3) is 11.2 Å². The van der Waals surface area contributed by atoms with Crippen molar-refractivity contribution < 1.29 is 19.1 Å². The van der Waals surface area contributed by atoms with E-state index in [1.807, 2.05) is 25.1 Å². The molecule has 4 aromatic carbocycles. The van der Waals surface area contributed by atoms with E-state index in [1.54, 1.807) is 43.5 Å². The number of aromatic nitrogens is 2. The summed E-state index contributed by atoms with van der Waals surface area (Å²) >= 11 is 10.3. The van der Waals surface area contributed by atoms with Crippen molar-refractivity contribution in [3.63, 3.8) is 0 Å². The summed E-state index contributed by atoms with van der Waals surface area (Å²) in [6.45, 7) is 6.09. The number of rotatable bonds is 10. The standard InChI is InChI=1S/C34H30BrClN4O6/c1-19(2)25-16-26(20(3)13-28(25)44-4)33-38-27-12-7-6-11-24(27)34(41)39(33)37-17-22-15-29(45-5)32(31(36)30(22)35)46-18-21-9-8-10-23(14-21)40(42)43/h6-17,19H,18H2,1-5H3. The average molecular weight is 706 g/mol. The van der Waals surface area contributed by atoms with Crippen LogP contribution < -0.4 is 19.8 Å². The average Bonchev–Trinajstić information content (AvgIpc) is 3.05. The van der Waals surface area contributed by atoms with Gasteiger partial charge in [-0.15, -0.1) is 0 Å². The summed E-state index contributed by atoms with van der Waals surface area (Å²) in [6.07, 6.45) is 1.49. The van der Waals surface area contributed by atoms with Gasteiger partial charge in [-0.2, -0.15) is 9.78 Å². The molecule has 0 N–H and O–H groups in total. The van der Waals surface area contributed by atoms with Crippen LogP contribution in [0.15, 0.2) is 81.1 Å². The molecule has 0 amide bonds. The van der Waals surface area contributed by atoms with Crippen molar-refractivity contribution in [2.75, 3.05) is 14.2 Å². The second-order valence-electron chi connectivity index (χ2n) is 10.7. The molecule has 0 aliphatic heterocycles. The van der Waals surface area contributed by atoms with Gasteiger partial charge in [-0.3, -0.25) is 14.9 Å². The number of hydrogen-bond acceptors (Lipinski definition) is 8. The molecule has 0 saturated heterocycles. The van der Waals surface area contributed by atoms with E-state index in [0.717, 1.165) is 22.4 Å². The van der Waals surface area contributed by atoms with Crippen molar-refractivity contribution in [2.45, 2.75) is 33.3 Å². The fourth-order valence-electron chi connectivity index (χ4n) is 4.99. The third-order valence-corrected chi connectivity index (χ3v) is 8.83. The molecule has 0 aliphatic carbocycles. The van der Waals surface area contributed by atoms with Gasteiger partial charge < -0.3 is 14.2 Å². The summed E-state index contributed by atoms with van der Waals surface area (Å²) in [5.41, 5.74) is 3.82. The van der Waals surface area contributed by atoms with Crippen LogP contribution in [0.1, 0.15) is 42.0 Å². The topological polar surface area (TPSA) is 118 Å². The number of para-hydroxylation sites is 1. The molecule has 0 fully saturated rings. The van der Waals surface area contributed by atoms with E-state index >= 15 is 0 Å². The van der Waals surface area contributed by atoms with Crippen molar-refractivity contribution in [1.29, 1.82) is 0 Å². The lowest BCUT2D eigenvalue weighted by Crippen LogP contribution is -2.21. The number of methoxy groups -OCH3 is 2. The Kier molecular flexibility index (Phi) is 9.74. The summed E-state index contributed by atoms with van der Waals surface area (Å²) in [5.74, 6) is 1.82. The molecular formula is C34H30BrClN4O6. The smallest absolute Gasteiger partial charge is 0.282 e. The van der Waals surface area contributed by atoms with Crippen LogP contribution >= 0.6 is 27.5 Å². The van der Waals surface area contributed by atoms with Gasteiger partial charge in [0, 0.05) is 27.7 Å². The zero-order chi connectivity index (χ0) is 33.1. The van der Waals surface area contributed by atoms with Gasteiger partial charge in [0.15, 0.2) is 17.3 Å². The van der Waals surface area contributed by atoms with Gasteiger partial charge in [0.2, 0.25) is 0 Å². The molecule has 0 radical (unpaired) electrons. The fraction of sp³-hybridized carbons (Fsp3) is 0.206. The lowest BCUT2D eigenvalue weighted by atomic mass is 9.96. The Labute approximate surface area is 278 Å². The summed E-state index contributed by atoms with van der Waals surface area (Å²) < 4.78 is 18.9. The number of aryl methyl sites for hydroxylation is 1. The summed E-state index contributed by atoms with van der Waals surface area (Å²) in [5, 5.41) is 16.4.